The Morgan fingerprint density at radius 3 is 2.58 bits per heavy atom. The number of aryl methyl sites for hydroxylation is 3. The summed E-state index contributed by atoms with van der Waals surface area (Å²) in [4.78, 5) is 2.60. The van der Waals surface area contributed by atoms with E-state index in [1.54, 1.807) is 11.3 Å². The Morgan fingerprint density at radius 1 is 1.32 bits per heavy atom. The van der Waals surface area contributed by atoms with Crippen molar-refractivity contribution in [2.45, 2.75) is 39.8 Å². The van der Waals surface area contributed by atoms with Crippen LogP contribution in [0.5, 0.6) is 0 Å². The van der Waals surface area contributed by atoms with Crippen LogP contribution in [-0.4, -0.2) is 11.7 Å². The highest BCUT2D eigenvalue weighted by Gasteiger charge is 2.27. The summed E-state index contributed by atoms with van der Waals surface area (Å²) in [6, 6.07) is 6.14. The van der Waals surface area contributed by atoms with Gasteiger partial charge in [-0.1, -0.05) is 0 Å². The lowest BCUT2D eigenvalue weighted by Crippen LogP contribution is -2.35. The fourth-order valence-electron chi connectivity index (χ4n) is 2.27. The van der Waals surface area contributed by atoms with Crippen LogP contribution < -0.4 is 5.32 Å². The van der Waals surface area contributed by atoms with Crippen LogP contribution >= 0.6 is 11.3 Å². The Labute approximate surface area is 118 Å². The molecule has 19 heavy (non-hydrogen) atoms. The van der Waals surface area contributed by atoms with Gasteiger partial charge in [-0.05, 0) is 45.9 Å². The molecular formula is C15H21NO2S. The lowest BCUT2D eigenvalue weighted by Gasteiger charge is -2.23. The van der Waals surface area contributed by atoms with E-state index in [2.05, 4.69) is 24.4 Å². The van der Waals surface area contributed by atoms with E-state index in [1.807, 2.05) is 26.8 Å². The highest BCUT2D eigenvalue weighted by molar-refractivity contribution is 7.11. The molecule has 0 bridgehead atoms. The van der Waals surface area contributed by atoms with E-state index < -0.39 is 5.60 Å². The molecule has 2 aromatic heterocycles. The van der Waals surface area contributed by atoms with Gasteiger partial charge in [0.05, 0.1) is 0 Å². The van der Waals surface area contributed by atoms with E-state index in [1.165, 1.54) is 9.75 Å². The summed E-state index contributed by atoms with van der Waals surface area (Å²) < 4.78 is 5.48. The van der Waals surface area contributed by atoms with Crippen molar-refractivity contribution in [2.75, 3.05) is 6.54 Å². The first-order chi connectivity index (χ1) is 8.88. The van der Waals surface area contributed by atoms with E-state index in [9.17, 15) is 5.11 Å². The zero-order valence-electron chi connectivity index (χ0n) is 11.9. The van der Waals surface area contributed by atoms with Gasteiger partial charge in [0.1, 0.15) is 17.1 Å². The van der Waals surface area contributed by atoms with Crippen LogP contribution in [0.3, 0.4) is 0 Å². The molecule has 0 aliphatic rings. The van der Waals surface area contributed by atoms with Crippen molar-refractivity contribution in [3.63, 3.8) is 0 Å². The second-order valence-corrected chi connectivity index (χ2v) is 6.59. The highest BCUT2D eigenvalue weighted by atomic mass is 32.1. The third kappa shape index (κ3) is 3.47. The third-order valence-corrected chi connectivity index (χ3v) is 4.19. The highest BCUT2D eigenvalue weighted by Crippen LogP contribution is 2.26. The molecule has 0 saturated heterocycles. The fourth-order valence-corrected chi connectivity index (χ4v) is 3.13. The van der Waals surface area contributed by atoms with Gasteiger partial charge >= 0.3 is 0 Å². The molecule has 0 fully saturated rings. The molecule has 0 aromatic carbocycles. The molecule has 104 valence electrons. The lowest BCUT2D eigenvalue weighted by atomic mass is 9.96. The van der Waals surface area contributed by atoms with Crippen molar-refractivity contribution in [3.05, 3.63) is 45.0 Å². The van der Waals surface area contributed by atoms with Crippen LogP contribution in [0.2, 0.25) is 0 Å². The molecule has 0 amide bonds. The van der Waals surface area contributed by atoms with Crippen molar-refractivity contribution in [3.8, 4) is 0 Å². The average molecular weight is 279 g/mol. The van der Waals surface area contributed by atoms with Crippen LogP contribution in [0.25, 0.3) is 0 Å². The van der Waals surface area contributed by atoms with Crippen LogP contribution in [0.4, 0.5) is 0 Å². The summed E-state index contributed by atoms with van der Waals surface area (Å²) in [5.74, 6) is 1.62. The topological polar surface area (TPSA) is 45.4 Å². The van der Waals surface area contributed by atoms with Gasteiger partial charge in [0, 0.05) is 28.4 Å². The Kier molecular flexibility index (Phi) is 4.13. The number of nitrogens with one attached hydrogen (secondary N) is 1. The van der Waals surface area contributed by atoms with Crippen molar-refractivity contribution in [2.24, 2.45) is 0 Å². The van der Waals surface area contributed by atoms with E-state index in [4.69, 9.17) is 4.42 Å². The SMILES string of the molecule is Cc1cc(C(C)(O)CNCc2ccc(C)s2)c(C)o1. The minimum atomic E-state index is -0.909. The first kappa shape index (κ1) is 14.3. The molecule has 2 N–H and O–H groups in total. The average Bonchev–Trinajstić information content (AvgIpc) is 2.85. The molecule has 2 aromatic rings. The second kappa shape index (κ2) is 5.49. The Morgan fingerprint density at radius 2 is 2.05 bits per heavy atom. The minimum absolute atomic E-state index is 0.504. The Balaban J connectivity index is 1.96. The van der Waals surface area contributed by atoms with Crippen LogP contribution in [-0.2, 0) is 12.1 Å². The molecule has 0 aliphatic carbocycles. The van der Waals surface area contributed by atoms with Crippen LogP contribution in [0, 0.1) is 20.8 Å². The number of hydrogen-bond donors (Lipinski definition) is 2. The van der Waals surface area contributed by atoms with E-state index in [0.717, 1.165) is 23.6 Å². The van der Waals surface area contributed by atoms with Crippen molar-refractivity contribution < 1.29 is 9.52 Å². The molecule has 0 radical (unpaired) electrons. The number of aliphatic hydroxyl groups is 1. The number of thiophene rings is 1. The second-order valence-electron chi connectivity index (χ2n) is 5.22. The van der Waals surface area contributed by atoms with E-state index >= 15 is 0 Å². The fraction of sp³-hybridized carbons (Fsp3) is 0.467. The molecular weight excluding hydrogens is 258 g/mol. The summed E-state index contributed by atoms with van der Waals surface area (Å²) in [6.07, 6.45) is 0. The van der Waals surface area contributed by atoms with Crippen LogP contribution in [0.1, 0.15) is 33.8 Å². The third-order valence-electron chi connectivity index (χ3n) is 3.19. The van der Waals surface area contributed by atoms with Gasteiger partial charge in [0.15, 0.2) is 0 Å². The van der Waals surface area contributed by atoms with Crippen LogP contribution in [0.15, 0.2) is 22.6 Å². The number of rotatable bonds is 5. The minimum Gasteiger partial charge on any atom is -0.466 e. The smallest absolute Gasteiger partial charge is 0.107 e. The number of hydrogen-bond acceptors (Lipinski definition) is 4. The standard InChI is InChI=1S/C15H21NO2S/c1-10-7-14(12(3)18-10)15(4,17)9-16-8-13-6-5-11(2)19-13/h5-7,16-17H,8-9H2,1-4H3. The van der Waals surface area contributed by atoms with Crippen molar-refractivity contribution in [1.82, 2.24) is 5.32 Å². The first-order valence-electron chi connectivity index (χ1n) is 6.44. The lowest BCUT2D eigenvalue weighted by molar-refractivity contribution is 0.0552. The summed E-state index contributed by atoms with van der Waals surface area (Å²) in [6.45, 7) is 8.99. The first-order valence-corrected chi connectivity index (χ1v) is 7.26. The predicted molar refractivity (Wildman–Crippen MR) is 78.5 cm³/mol. The molecule has 0 saturated carbocycles. The summed E-state index contributed by atoms with van der Waals surface area (Å²) in [5, 5.41) is 13.9. The molecule has 0 spiro atoms. The molecule has 2 heterocycles. The van der Waals surface area contributed by atoms with Gasteiger partial charge in [-0.3, -0.25) is 0 Å². The molecule has 1 unspecified atom stereocenters. The monoisotopic (exact) mass is 279 g/mol. The van der Waals surface area contributed by atoms with Gasteiger partial charge in [0.2, 0.25) is 0 Å². The Hall–Kier alpha value is -1.10. The zero-order chi connectivity index (χ0) is 14.0. The largest absolute Gasteiger partial charge is 0.466 e. The maximum Gasteiger partial charge on any atom is 0.107 e. The molecule has 1 atom stereocenters. The van der Waals surface area contributed by atoms with E-state index in [-0.39, 0.29) is 0 Å². The molecule has 4 heteroatoms. The van der Waals surface area contributed by atoms with Gasteiger partial charge in [-0.25, -0.2) is 0 Å². The van der Waals surface area contributed by atoms with Crippen molar-refractivity contribution >= 4 is 11.3 Å². The molecule has 2 rings (SSSR count). The predicted octanol–water partition coefficient (Wildman–Crippen LogP) is 3.26. The Bertz CT molecular complexity index is 554. The quantitative estimate of drug-likeness (QED) is 0.883. The summed E-state index contributed by atoms with van der Waals surface area (Å²) >= 11 is 1.78. The van der Waals surface area contributed by atoms with Gasteiger partial charge in [-0.2, -0.15) is 0 Å². The van der Waals surface area contributed by atoms with Gasteiger partial charge in [0.25, 0.3) is 0 Å². The molecule has 0 aliphatic heterocycles. The normalized spacial score (nSPS) is 14.6. The number of furan rings is 1. The maximum absolute atomic E-state index is 10.5. The van der Waals surface area contributed by atoms with Gasteiger partial charge < -0.3 is 14.8 Å². The zero-order valence-corrected chi connectivity index (χ0v) is 12.7. The maximum atomic E-state index is 10.5. The van der Waals surface area contributed by atoms with Gasteiger partial charge in [-0.15, -0.1) is 11.3 Å². The van der Waals surface area contributed by atoms with E-state index in [0.29, 0.717) is 6.54 Å². The molecule has 3 nitrogen and oxygen atoms in total. The van der Waals surface area contributed by atoms with Crippen molar-refractivity contribution in [1.29, 1.82) is 0 Å². The summed E-state index contributed by atoms with van der Waals surface area (Å²) in [5.41, 5.74) is -0.0476. The summed E-state index contributed by atoms with van der Waals surface area (Å²) in [7, 11) is 0.